The summed E-state index contributed by atoms with van der Waals surface area (Å²) in [4.78, 5) is 0. The zero-order chi connectivity index (χ0) is 49.1. The van der Waals surface area contributed by atoms with E-state index in [0.717, 1.165) is 0 Å². The Morgan fingerprint density at radius 1 is 0.338 bits per heavy atom. The molecule has 0 aromatic heterocycles. The summed E-state index contributed by atoms with van der Waals surface area (Å²) in [7, 11) is -3.16. The summed E-state index contributed by atoms with van der Waals surface area (Å²) in [5.74, 6) is 0. The molecule has 1 aliphatic carbocycles. The van der Waals surface area contributed by atoms with Crippen LogP contribution in [0, 0.1) is 6.08 Å². The first-order chi connectivity index (χ1) is 29.4. The molecule has 68 heavy (non-hydrogen) atoms. The van der Waals surface area contributed by atoms with Gasteiger partial charge < -0.3 is 37.2 Å². The normalized spacial score (nSPS) is 15.7. The second kappa shape index (κ2) is 29.9. The van der Waals surface area contributed by atoms with Crippen molar-refractivity contribution in [3.05, 3.63) is 41.0 Å². The van der Waals surface area contributed by atoms with E-state index in [4.69, 9.17) is 6.08 Å². The molecule has 0 spiro atoms. The van der Waals surface area contributed by atoms with E-state index in [2.05, 4.69) is 199 Å². The van der Waals surface area contributed by atoms with Crippen LogP contribution in [0.1, 0.15) is 27.7 Å². The molecule has 0 heterocycles. The van der Waals surface area contributed by atoms with E-state index in [9.17, 15) is 0 Å². The van der Waals surface area contributed by atoms with E-state index in [1.54, 1.807) is 11.1 Å². The maximum Gasteiger partial charge on any atom is 4.00 e. The maximum absolute atomic E-state index is 4.79. The van der Waals surface area contributed by atoms with Crippen molar-refractivity contribution in [3.8, 4) is 0 Å². The van der Waals surface area contributed by atoms with Crippen molar-refractivity contribution in [1.82, 2.24) is 0 Å². The second-order valence-electron chi connectivity index (χ2n) is 20.6. The van der Waals surface area contributed by atoms with Gasteiger partial charge in [-0.3, -0.25) is 0 Å². The number of hydrogen-bond donors (Lipinski definition) is 0. The molecule has 1 unspecified atom stereocenters. The van der Waals surface area contributed by atoms with Gasteiger partial charge in [0.1, 0.15) is 0 Å². The molecule has 3 aromatic rings. The molecule has 1 aliphatic rings. The zero-order valence-corrected chi connectivity index (χ0v) is 74.6. The minimum Gasteiger partial charge on any atom is -1.00 e. The molecule has 0 bridgehead atoms. The Morgan fingerprint density at radius 2 is 0.544 bits per heavy atom. The van der Waals surface area contributed by atoms with Gasteiger partial charge in [0.2, 0.25) is 0 Å². The fraction of sp³-hybridized carbons (Fsp3) is 0.569. The van der Waals surface area contributed by atoms with Crippen LogP contribution in [0.15, 0.2) is 34.9 Å². The van der Waals surface area contributed by atoms with E-state index < -0.39 is 184 Å². The molecule has 0 amide bonds. The summed E-state index contributed by atoms with van der Waals surface area (Å²) in [5, 5.41) is 6.03. The standard InChI is InChI=1S/C51H87As12Si.3ClH.Ti/c1-33-32-51(4,35(3)34(33)2)64(48-39(55(11)12)29-36(52(5)6)42(58(17)18)45(48)61(23)24,49-40(56(13)14)30-37(53(7)8)43(59(19)20)46(49)62(25)26)50-41(57(15)16)31-38(54(9)10)44(60(21)22)47(50)63(27)28;;;;/h29-31H,1-28H3;3*1H;/q-1;;;;+4/p-3. The van der Waals surface area contributed by atoms with Crippen LogP contribution in [-0.4, -0.2) is 184 Å². The van der Waals surface area contributed by atoms with Gasteiger partial charge in [-0.05, 0) is 0 Å². The van der Waals surface area contributed by atoms with Crippen LogP contribution in [0.5, 0.6) is 0 Å². The van der Waals surface area contributed by atoms with Gasteiger partial charge in [0.25, 0.3) is 0 Å². The number of benzene rings is 3. The van der Waals surface area contributed by atoms with E-state index >= 15 is 0 Å². The smallest absolute Gasteiger partial charge is 1.00 e. The average Bonchev–Trinajstić information content (AvgIpc) is 3.37. The quantitative estimate of drug-likeness (QED) is 0.0774. The molecule has 0 saturated heterocycles. The predicted octanol–water partition coefficient (Wildman–Crippen LogP) is -4.44. The molecule has 3 aromatic carbocycles. The van der Waals surface area contributed by atoms with Crippen LogP contribution in [0.2, 0.25) is 142 Å². The molecule has 4 rings (SSSR count). The average molecular weight is 1780 g/mol. The molecular weight excluding hydrogens is 1690 g/mol. The molecule has 0 fully saturated rings. The molecule has 0 radical (unpaired) electrons. The topological polar surface area (TPSA) is 0 Å². The van der Waals surface area contributed by atoms with E-state index in [-0.39, 0.29) is 64.0 Å². The van der Waals surface area contributed by atoms with Crippen molar-refractivity contribution in [2.75, 3.05) is 0 Å². The van der Waals surface area contributed by atoms with Gasteiger partial charge in [-0.2, -0.15) is 0 Å². The summed E-state index contributed by atoms with van der Waals surface area (Å²) < 4.78 is 23.6. The number of hydrogen-bond acceptors (Lipinski definition) is 0. The molecule has 17 heteroatoms. The maximum atomic E-state index is 4.79. The van der Waals surface area contributed by atoms with Crippen LogP contribution in [-0.2, 0) is 21.7 Å². The van der Waals surface area contributed by atoms with E-state index in [0.29, 0.717) is 0 Å². The fourth-order valence-electron chi connectivity index (χ4n) is 10.4. The minimum absolute atomic E-state index is 0. The molecule has 380 valence electrons. The summed E-state index contributed by atoms with van der Waals surface area (Å²) >= 11 is -16.5. The van der Waals surface area contributed by atoms with Crippen LogP contribution in [0.3, 0.4) is 0 Å². The Kier molecular flexibility index (Phi) is 32.4. The van der Waals surface area contributed by atoms with Crippen molar-refractivity contribution in [2.45, 2.75) is 170 Å². The summed E-state index contributed by atoms with van der Waals surface area (Å²) in [6, 6.07) is 9.14. The molecule has 0 aliphatic heterocycles. The van der Waals surface area contributed by atoms with Gasteiger partial charge in [0.05, 0.1) is 0 Å². The Labute approximate surface area is 512 Å². The Hall–Kier alpha value is 5.64. The van der Waals surface area contributed by atoms with E-state index in [1.165, 1.54) is 5.57 Å². The number of rotatable bonds is 16. The van der Waals surface area contributed by atoms with Gasteiger partial charge in [-0.1, -0.05) is 0 Å². The molecule has 0 nitrogen and oxygen atoms in total. The van der Waals surface area contributed by atoms with Crippen LogP contribution in [0.25, 0.3) is 0 Å². The third-order valence-corrected chi connectivity index (χ3v) is 60.6. The van der Waals surface area contributed by atoms with E-state index in [1.807, 2.05) is 52.2 Å². The van der Waals surface area contributed by atoms with Gasteiger partial charge in [-0.25, -0.2) is 0 Å². The minimum atomic E-state index is -3.16. The van der Waals surface area contributed by atoms with Crippen molar-refractivity contribution >= 4 is 252 Å². The third-order valence-electron chi connectivity index (χ3n) is 13.5. The van der Waals surface area contributed by atoms with Crippen molar-refractivity contribution in [2.24, 2.45) is 0 Å². The van der Waals surface area contributed by atoms with Crippen LogP contribution < -0.4 is 105 Å². The fourth-order valence-corrected chi connectivity index (χ4v) is 86.1. The monoisotopic (exact) mass is 1780 g/mol. The zero-order valence-electron chi connectivity index (χ0n) is 47.2. The van der Waals surface area contributed by atoms with Crippen molar-refractivity contribution in [1.29, 1.82) is 0 Å². The molecule has 0 N–H and O–H groups in total. The van der Waals surface area contributed by atoms with Gasteiger partial charge in [-0.15, -0.1) is 0 Å². The number of halogens is 3. The molecule has 1 atom stereocenters. The van der Waals surface area contributed by atoms with Gasteiger partial charge in [0, 0.05) is 0 Å². The summed E-state index contributed by atoms with van der Waals surface area (Å²) in [6.45, 7) is 10.6. The first kappa shape index (κ1) is 73.6. The largest absolute Gasteiger partial charge is 4.00 e. The summed E-state index contributed by atoms with van der Waals surface area (Å²) in [6.07, 6.45) is 4.79. The number of allylic oxidation sites excluding steroid dienone is 4. The second-order valence-corrected chi connectivity index (χ2v) is 81.3. The molecule has 0 saturated carbocycles. The molecular formula is C51H87As12Cl3SiTi. The first-order valence-electron chi connectivity index (χ1n) is 22.4. The summed E-state index contributed by atoms with van der Waals surface area (Å²) in [5.41, 5.74) is 71.0. The third kappa shape index (κ3) is 14.0. The Morgan fingerprint density at radius 3 is 0.691 bits per heavy atom. The van der Waals surface area contributed by atoms with Gasteiger partial charge in [0.15, 0.2) is 0 Å². The van der Waals surface area contributed by atoms with Crippen LogP contribution >= 0.6 is 0 Å². The SMILES string of the molecule is CC1=[C-]C(C)([Si](c2c([As](C)C)cc([As](C)C)c([As](C)C)c2[As](C)C)(c2c([As](C)C)cc([As](C)C)c([As](C)C)c2[As](C)C)c2c([As](C)C)cc([As](C)C)c([As](C)C)c2[As](C)C)C(C)=C1C.[Cl-].[Cl-].[Cl-].[Ti+4]. The Balaban J connectivity index is 0.0000112. The van der Waals surface area contributed by atoms with Crippen LogP contribution in [0.4, 0.5) is 0 Å². The van der Waals surface area contributed by atoms with Gasteiger partial charge >= 0.3 is 484 Å². The Bertz CT molecular complexity index is 2090. The first-order valence-corrected chi connectivity index (χ1v) is 80.7. The predicted molar refractivity (Wildman–Crippen MR) is 329 cm³/mol. The van der Waals surface area contributed by atoms with Crippen molar-refractivity contribution in [3.63, 3.8) is 0 Å². The van der Waals surface area contributed by atoms with Crippen molar-refractivity contribution < 1.29 is 58.9 Å².